The molecule has 0 radical (unpaired) electrons. The molecule has 0 aliphatic carbocycles. The van der Waals surface area contributed by atoms with Crippen molar-refractivity contribution in [1.82, 2.24) is 9.55 Å². The smallest absolute Gasteiger partial charge is 0.283 e. The van der Waals surface area contributed by atoms with Gasteiger partial charge < -0.3 is 20.0 Å². The van der Waals surface area contributed by atoms with Crippen LogP contribution >= 0.6 is 0 Å². The van der Waals surface area contributed by atoms with Crippen LogP contribution in [0.1, 0.15) is 22.3 Å². The fourth-order valence-electron chi connectivity index (χ4n) is 2.93. The highest BCUT2D eigenvalue weighted by atomic mass is 19.2. The predicted molar refractivity (Wildman–Crippen MR) is 108 cm³/mol. The lowest BCUT2D eigenvalue weighted by atomic mass is 10.1. The summed E-state index contributed by atoms with van der Waals surface area (Å²) in [6.45, 7) is 3.90. The molecule has 2 aromatic carbocycles. The zero-order valence-corrected chi connectivity index (χ0v) is 16.2. The zero-order valence-electron chi connectivity index (χ0n) is 16.2. The van der Waals surface area contributed by atoms with E-state index in [0.29, 0.717) is 5.56 Å². The Morgan fingerprint density at radius 1 is 1.17 bits per heavy atom. The number of halogens is 2. The van der Waals surface area contributed by atoms with Gasteiger partial charge in [0, 0.05) is 18.1 Å². The van der Waals surface area contributed by atoms with Crippen LogP contribution in [0.4, 0.5) is 20.4 Å². The van der Waals surface area contributed by atoms with Crippen LogP contribution in [0, 0.1) is 30.9 Å². The van der Waals surface area contributed by atoms with E-state index in [2.05, 4.69) is 10.3 Å². The summed E-state index contributed by atoms with van der Waals surface area (Å²) in [7, 11) is 1.59. The van der Waals surface area contributed by atoms with Crippen molar-refractivity contribution in [3.8, 4) is 5.75 Å². The molecule has 150 valence electrons. The van der Waals surface area contributed by atoms with Gasteiger partial charge in [0.2, 0.25) is 5.95 Å². The van der Waals surface area contributed by atoms with E-state index in [4.69, 9.17) is 10.1 Å². The molecule has 0 bridgehead atoms. The molecule has 0 spiro atoms. The first-order chi connectivity index (χ1) is 13.8. The van der Waals surface area contributed by atoms with Gasteiger partial charge in [0.05, 0.1) is 19.2 Å². The van der Waals surface area contributed by atoms with Gasteiger partial charge in [-0.1, -0.05) is 6.07 Å². The molecule has 1 aromatic heterocycles. The molecule has 1 heterocycles. The number of nitrogens with one attached hydrogen (secondary N) is 2. The van der Waals surface area contributed by atoms with Gasteiger partial charge in [-0.2, -0.15) is 4.98 Å². The lowest BCUT2D eigenvalue weighted by Gasteiger charge is -2.17. The molecular weight excluding hydrogens is 378 g/mol. The molecule has 0 amide bonds. The Morgan fingerprint density at radius 2 is 1.93 bits per heavy atom. The molecule has 0 unspecified atom stereocenters. The summed E-state index contributed by atoms with van der Waals surface area (Å²) < 4.78 is 33.7. The molecular formula is C21H20F2N4O2. The van der Waals surface area contributed by atoms with Gasteiger partial charge in [0.25, 0.3) is 5.56 Å². The summed E-state index contributed by atoms with van der Waals surface area (Å²) in [5, 5.41) is 10.5. The molecule has 0 saturated carbocycles. The number of aromatic nitrogens is 2. The number of benzene rings is 2. The minimum Gasteiger partial charge on any atom is -0.496 e. The highest BCUT2D eigenvalue weighted by molar-refractivity contribution is 5.76. The van der Waals surface area contributed by atoms with Gasteiger partial charge in [-0.15, -0.1) is 0 Å². The number of aryl methyl sites for hydroxylation is 2. The third-order valence-electron chi connectivity index (χ3n) is 4.50. The molecule has 0 fully saturated rings. The van der Waals surface area contributed by atoms with E-state index in [1.165, 1.54) is 12.3 Å². The van der Waals surface area contributed by atoms with Crippen LogP contribution in [0.5, 0.6) is 5.75 Å². The van der Waals surface area contributed by atoms with Crippen molar-refractivity contribution in [1.29, 1.82) is 5.41 Å². The second kappa shape index (κ2) is 8.22. The summed E-state index contributed by atoms with van der Waals surface area (Å²) in [5.41, 5.74) is 2.49. The number of anilines is 2. The number of nitrogens with zero attached hydrogens (tertiary/aromatic N) is 2. The minimum absolute atomic E-state index is 0.0840. The van der Waals surface area contributed by atoms with E-state index in [1.807, 2.05) is 26.0 Å². The number of hydrogen-bond donors (Lipinski definition) is 2. The maximum atomic E-state index is 13.6. The summed E-state index contributed by atoms with van der Waals surface area (Å²) in [4.78, 5) is 16.2. The van der Waals surface area contributed by atoms with Crippen LogP contribution in [0.25, 0.3) is 0 Å². The largest absolute Gasteiger partial charge is 0.496 e. The average Bonchev–Trinajstić information content (AvgIpc) is 2.69. The molecule has 0 saturated heterocycles. The van der Waals surface area contributed by atoms with Crippen LogP contribution in [-0.4, -0.2) is 22.9 Å². The highest BCUT2D eigenvalue weighted by Gasteiger charge is 2.12. The standard InChI is InChI=1S/C21H20F2N4O2/c1-12-7-19(29-3)13(2)6-18(12)25-21-26-20(28)15(9-24)11-27(21)10-14-4-5-16(22)17(23)8-14/h4-9,11,24H,10H2,1-3H3,(H,25,26,28). The quantitative estimate of drug-likeness (QED) is 0.617. The van der Waals surface area contributed by atoms with E-state index in [0.717, 1.165) is 40.9 Å². The van der Waals surface area contributed by atoms with Crippen molar-refractivity contribution >= 4 is 17.9 Å². The Hall–Kier alpha value is -3.55. The van der Waals surface area contributed by atoms with Gasteiger partial charge in [-0.05, 0) is 54.8 Å². The second-order valence-electron chi connectivity index (χ2n) is 6.61. The molecule has 8 heteroatoms. The summed E-state index contributed by atoms with van der Waals surface area (Å²) in [6, 6.07) is 7.31. The Labute approximate surface area is 166 Å². The lowest BCUT2D eigenvalue weighted by molar-refractivity contribution is 0.411. The number of rotatable bonds is 6. The Morgan fingerprint density at radius 3 is 2.59 bits per heavy atom. The van der Waals surface area contributed by atoms with Gasteiger partial charge in [-0.25, -0.2) is 8.78 Å². The van der Waals surface area contributed by atoms with Crippen LogP contribution < -0.4 is 15.6 Å². The molecule has 6 nitrogen and oxygen atoms in total. The van der Waals surface area contributed by atoms with Crippen LogP contribution in [0.2, 0.25) is 0 Å². The molecule has 2 N–H and O–H groups in total. The van der Waals surface area contributed by atoms with Crippen molar-refractivity contribution in [2.24, 2.45) is 0 Å². The lowest BCUT2D eigenvalue weighted by Crippen LogP contribution is -2.21. The van der Waals surface area contributed by atoms with Crippen molar-refractivity contribution in [2.75, 3.05) is 12.4 Å². The first kappa shape index (κ1) is 20.2. The number of methoxy groups -OCH3 is 1. The Bertz CT molecular complexity index is 1140. The van der Waals surface area contributed by atoms with Gasteiger partial charge in [-0.3, -0.25) is 4.79 Å². The van der Waals surface area contributed by atoms with E-state index >= 15 is 0 Å². The van der Waals surface area contributed by atoms with Crippen molar-refractivity contribution in [2.45, 2.75) is 20.4 Å². The topological polar surface area (TPSA) is 80.0 Å². The van der Waals surface area contributed by atoms with Crippen molar-refractivity contribution in [3.63, 3.8) is 0 Å². The molecule has 0 aliphatic rings. The minimum atomic E-state index is -0.958. The van der Waals surface area contributed by atoms with Crippen molar-refractivity contribution < 1.29 is 13.5 Å². The third-order valence-corrected chi connectivity index (χ3v) is 4.50. The van der Waals surface area contributed by atoms with Gasteiger partial charge in [0.1, 0.15) is 5.75 Å². The molecule has 3 rings (SSSR count). The van der Waals surface area contributed by atoms with Gasteiger partial charge >= 0.3 is 0 Å². The number of ether oxygens (including phenoxy) is 1. The summed E-state index contributed by atoms with van der Waals surface area (Å²) >= 11 is 0. The number of hydrogen-bond acceptors (Lipinski definition) is 5. The molecule has 29 heavy (non-hydrogen) atoms. The van der Waals surface area contributed by atoms with E-state index in [1.54, 1.807) is 11.7 Å². The SMILES string of the molecule is COc1cc(C)c(Nc2nc(=O)c(C=N)cn2Cc2ccc(F)c(F)c2)cc1C. The average molecular weight is 398 g/mol. The van der Waals surface area contributed by atoms with Crippen LogP contribution in [0.15, 0.2) is 41.3 Å². The van der Waals surface area contributed by atoms with Crippen LogP contribution in [-0.2, 0) is 6.54 Å². The maximum Gasteiger partial charge on any atom is 0.283 e. The first-order valence-electron chi connectivity index (χ1n) is 8.80. The van der Waals surface area contributed by atoms with Crippen LogP contribution in [0.3, 0.4) is 0 Å². The highest BCUT2D eigenvalue weighted by Crippen LogP contribution is 2.28. The normalized spacial score (nSPS) is 10.7. The Kier molecular flexibility index (Phi) is 5.72. The molecule has 0 atom stereocenters. The fourth-order valence-corrected chi connectivity index (χ4v) is 2.93. The van der Waals surface area contributed by atoms with Crippen molar-refractivity contribution in [3.05, 3.63) is 80.8 Å². The zero-order chi connectivity index (χ0) is 21.1. The summed E-state index contributed by atoms with van der Waals surface area (Å²) in [6.07, 6.45) is 2.36. The van der Waals surface area contributed by atoms with E-state index in [9.17, 15) is 13.6 Å². The van der Waals surface area contributed by atoms with E-state index in [-0.39, 0.29) is 18.1 Å². The predicted octanol–water partition coefficient (Wildman–Crippen LogP) is 3.94. The van der Waals surface area contributed by atoms with Gasteiger partial charge in [0.15, 0.2) is 11.6 Å². The third kappa shape index (κ3) is 4.31. The first-order valence-corrected chi connectivity index (χ1v) is 8.80. The molecule has 3 aromatic rings. The maximum absolute atomic E-state index is 13.6. The second-order valence-corrected chi connectivity index (χ2v) is 6.61. The summed E-state index contributed by atoms with van der Waals surface area (Å²) in [5.74, 6) is -0.938. The fraction of sp³-hybridized carbons (Fsp3) is 0.190. The Balaban J connectivity index is 2.05. The monoisotopic (exact) mass is 398 g/mol. The molecule has 0 aliphatic heterocycles. The van der Waals surface area contributed by atoms with E-state index < -0.39 is 17.2 Å².